The van der Waals surface area contributed by atoms with E-state index in [0.29, 0.717) is 10.6 Å². The summed E-state index contributed by atoms with van der Waals surface area (Å²) < 4.78 is 0. The second-order valence-corrected chi connectivity index (χ2v) is 6.52. The highest BCUT2D eigenvalue weighted by Gasteiger charge is 2.21. The van der Waals surface area contributed by atoms with Gasteiger partial charge in [-0.1, -0.05) is 72.3 Å². The van der Waals surface area contributed by atoms with E-state index >= 15 is 0 Å². The quantitative estimate of drug-likeness (QED) is 0.695. The Morgan fingerprint density at radius 1 is 0.962 bits per heavy atom. The molecule has 0 aliphatic rings. The number of amides is 1. The van der Waals surface area contributed by atoms with Gasteiger partial charge < -0.3 is 10.4 Å². The highest BCUT2D eigenvalue weighted by molar-refractivity contribution is 6.31. The largest absolute Gasteiger partial charge is 0.480 e. The molecule has 0 bridgehead atoms. The molecule has 0 radical (unpaired) electrons. The number of rotatable bonds is 6. The summed E-state index contributed by atoms with van der Waals surface area (Å²) in [7, 11) is 0. The number of hydrogen-bond donors (Lipinski definition) is 2. The molecule has 132 valence electrons. The summed E-state index contributed by atoms with van der Waals surface area (Å²) in [6.45, 7) is 0. The number of carbonyl (C=O) groups excluding carboxylic acids is 1. The van der Waals surface area contributed by atoms with Gasteiger partial charge in [0.2, 0.25) is 5.91 Å². The summed E-state index contributed by atoms with van der Waals surface area (Å²) in [5.74, 6) is -1.42. The van der Waals surface area contributed by atoms with Gasteiger partial charge in [0.05, 0.1) is 6.42 Å². The van der Waals surface area contributed by atoms with Crippen molar-refractivity contribution in [3.63, 3.8) is 0 Å². The van der Waals surface area contributed by atoms with Gasteiger partial charge in [-0.2, -0.15) is 0 Å². The van der Waals surface area contributed by atoms with E-state index in [9.17, 15) is 14.7 Å². The second-order valence-electron chi connectivity index (χ2n) is 6.11. The van der Waals surface area contributed by atoms with E-state index in [1.54, 1.807) is 24.3 Å². The van der Waals surface area contributed by atoms with Crippen molar-refractivity contribution >= 4 is 34.2 Å². The molecule has 3 aromatic carbocycles. The van der Waals surface area contributed by atoms with Gasteiger partial charge in [-0.15, -0.1) is 0 Å². The minimum absolute atomic E-state index is 0.122. The molecular formula is C21H18ClNO3. The predicted octanol–water partition coefficient (Wildman–Crippen LogP) is 3.85. The highest BCUT2D eigenvalue weighted by atomic mass is 35.5. The molecule has 3 rings (SSSR count). The third-order valence-corrected chi connectivity index (χ3v) is 4.56. The van der Waals surface area contributed by atoms with Gasteiger partial charge in [0.1, 0.15) is 6.04 Å². The first-order chi connectivity index (χ1) is 12.5. The van der Waals surface area contributed by atoms with Crippen LogP contribution in [-0.2, 0) is 22.4 Å². The smallest absolute Gasteiger partial charge is 0.326 e. The van der Waals surface area contributed by atoms with Crippen LogP contribution in [0.15, 0.2) is 66.7 Å². The molecule has 0 fully saturated rings. The Hall–Kier alpha value is -2.85. The lowest BCUT2D eigenvalue weighted by atomic mass is 10.0. The van der Waals surface area contributed by atoms with Crippen molar-refractivity contribution in [1.29, 1.82) is 0 Å². The summed E-state index contributed by atoms with van der Waals surface area (Å²) in [5.41, 5.74) is 1.52. The molecule has 3 aromatic rings. The van der Waals surface area contributed by atoms with Crippen LogP contribution in [0.5, 0.6) is 0 Å². The fraction of sp³-hybridized carbons (Fsp3) is 0.143. The summed E-state index contributed by atoms with van der Waals surface area (Å²) in [6.07, 6.45) is 0.260. The molecule has 0 aliphatic carbocycles. The van der Waals surface area contributed by atoms with Crippen molar-refractivity contribution in [2.24, 2.45) is 0 Å². The number of aliphatic carboxylic acids is 1. The van der Waals surface area contributed by atoms with Gasteiger partial charge in [0, 0.05) is 11.4 Å². The van der Waals surface area contributed by atoms with Crippen LogP contribution in [0.1, 0.15) is 11.1 Å². The topological polar surface area (TPSA) is 66.4 Å². The molecule has 26 heavy (non-hydrogen) atoms. The molecule has 4 nitrogen and oxygen atoms in total. The van der Waals surface area contributed by atoms with Crippen molar-refractivity contribution in [3.8, 4) is 0 Å². The zero-order valence-corrected chi connectivity index (χ0v) is 14.7. The minimum atomic E-state index is -1.09. The van der Waals surface area contributed by atoms with E-state index < -0.39 is 12.0 Å². The molecular weight excluding hydrogens is 350 g/mol. The summed E-state index contributed by atoms with van der Waals surface area (Å²) in [4.78, 5) is 23.9. The summed E-state index contributed by atoms with van der Waals surface area (Å²) in [6, 6.07) is 19.7. The lowest BCUT2D eigenvalue weighted by Crippen LogP contribution is -2.43. The van der Waals surface area contributed by atoms with Crippen LogP contribution in [0.4, 0.5) is 0 Å². The molecule has 0 aromatic heterocycles. The maximum Gasteiger partial charge on any atom is 0.326 e. The molecule has 0 heterocycles. The van der Waals surface area contributed by atoms with E-state index in [0.717, 1.165) is 16.3 Å². The van der Waals surface area contributed by atoms with Gasteiger partial charge in [0.15, 0.2) is 0 Å². The number of carbonyl (C=O) groups is 2. The lowest BCUT2D eigenvalue weighted by Gasteiger charge is -2.15. The van der Waals surface area contributed by atoms with E-state index in [4.69, 9.17) is 11.6 Å². The normalized spacial score (nSPS) is 11.9. The number of hydrogen-bond acceptors (Lipinski definition) is 2. The van der Waals surface area contributed by atoms with Crippen molar-refractivity contribution < 1.29 is 14.7 Å². The number of halogens is 1. The molecule has 0 spiro atoms. The third kappa shape index (κ3) is 4.41. The van der Waals surface area contributed by atoms with Crippen LogP contribution in [-0.4, -0.2) is 23.0 Å². The number of carboxylic acid groups (broad SMARTS) is 1. The Balaban J connectivity index is 1.69. The fourth-order valence-electron chi connectivity index (χ4n) is 2.86. The number of fused-ring (bicyclic) bond motifs is 1. The molecule has 2 N–H and O–H groups in total. The van der Waals surface area contributed by atoms with E-state index in [1.165, 1.54) is 0 Å². The highest BCUT2D eigenvalue weighted by Crippen LogP contribution is 2.18. The average molecular weight is 368 g/mol. The first-order valence-corrected chi connectivity index (χ1v) is 8.64. The Bertz CT molecular complexity index is 955. The van der Waals surface area contributed by atoms with E-state index in [1.807, 2.05) is 42.5 Å². The summed E-state index contributed by atoms with van der Waals surface area (Å²) >= 11 is 6.09. The summed E-state index contributed by atoms with van der Waals surface area (Å²) in [5, 5.41) is 14.6. The van der Waals surface area contributed by atoms with Crippen LogP contribution in [0.3, 0.4) is 0 Å². The predicted molar refractivity (Wildman–Crippen MR) is 102 cm³/mol. The Morgan fingerprint density at radius 2 is 1.65 bits per heavy atom. The van der Waals surface area contributed by atoms with Gasteiger partial charge in [0.25, 0.3) is 0 Å². The number of nitrogens with one attached hydrogen (secondary N) is 1. The first-order valence-electron chi connectivity index (χ1n) is 8.26. The minimum Gasteiger partial charge on any atom is -0.480 e. The monoisotopic (exact) mass is 367 g/mol. The van der Waals surface area contributed by atoms with Crippen molar-refractivity contribution in [1.82, 2.24) is 5.32 Å². The number of benzene rings is 3. The van der Waals surface area contributed by atoms with E-state index in [-0.39, 0.29) is 18.7 Å². The van der Waals surface area contributed by atoms with Crippen LogP contribution in [0.2, 0.25) is 5.02 Å². The zero-order chi connectivity index (χ0) is 18.5. The van der Waals surface area contributed by atoms with Crippen LogP contribution < -0.4 is 5.32 Å². The fourth-order valence-corrected chi connectivity index (χ4v) is 3.08. The van der Waals surface area contributed by atoms with Gasteiger partial charge in [-0.25, -0.2) is 4.79 Å². The lowest BCUT2D eigenvalue weighted by molar-refractivity contribution is -0.141. The van der Waals surface area contributed by atoms with Crippen molar-refractivity contribution in [2.45, 2.75) is 18.9 Å². The SMILES string of the molecule is O=C(Cc1ccc2ccccc2c1)N[C@@H](Cc1ccccc1Cl)C(=O)O. The van der Waals surface area contributed by atoms with Crippen molar-refractivity contribution in [2.75, 3.05) is 0 Å². The molecule has 1 amide bonds. The third-order valence-electron chi connectivity index (χ3n) is 4.19. The zero-order valence-electron chi connectivity index (χ0n) is 14.0. The Labute approximate surface area is 156 Å². The van der Waals surface area contributed by atoms with Gasteiger partial charge in [-0.3, -0.25) is 4.79 Å². The maximum absolute atomic E-state index is 12.3. The van der Waals surface area contributed by atoms with Gasteiger partial charge in [-0.05, 0) is 28.0 Å². The van der Waals surface area contributed by atoms with Crippen LogP contribution in [0, 0.1) is 0 Å². The molecule has 0 saturated carbocycles. The maximum atomic E-state index is 12.3. The van der Waals surface area contributed by atoms with Gasteiger partial charge >= 0.3 is 5.97 Å². The first kappa shape index (κ1) is 18.0. The van der Waals surface area contributed by atoms with Crippen molar-refractivity contribution in [3.05, 3.63) is 82.9 Å². The van der Waals surface area contributed by atoms with Crippen LogP contribution in [0.25, 0.3) is 10.8 Å². The second kappa shape index (κ2) is 8.02. The molecule has 0 aliphatic heterocycles. The Morgan fingerprint density at radius 3 is 2.38 bits per heavy atom. The Kier molecular flexibility index (Phi) is 5.54. The average Bonchev–Trinajstić information content (AvgIpc) is 2.62. The standard InChI is InChI=1S/C21H18ClNO3/c22-18-8-4-3-7-17(18)13-19(21(25)26)23-20(24)12-14-9-10-15-5-1-2-6-16(15)11-14/h1-11,19H,12-13H2,(H,23,24)(H,25,26)/t19-/m0/s1. The molecule has 0 saturated heterocycles. The van der Waals surface area contributed by atoms with E-state index in [2.05, 4.69) is 5.32 Å². The molecule has 1 atom stereocenters. The molecule has 5 heteroatoms. The van der Waals surface area contributed by atoms with Crippen LogP contribution >= 0.6 is 11.6 Å². The molecule has 0 unspecified atom stereocenters. The number of carboxylic acids is 1.